The number of aromatic nitrogens is 2. The summed E-state index contributed by atoms with van der Waals surface area (Å²) < 4.78 is 4.91. The standard InChI is InChI=1S/C9H18N4O/c1-14-7-6-10-4-5-11-8-9-2-3-12-13-9/h2-3,10-11H,4-8H2,1H3,(H,12,13). The fourth-order valence-electron chi connectivity index (χ4n) is 1.08. The van der Waals surface area contributed by atoms with Crippen molar-refractivity contribution in [3.63, 3.8) is 0 Å². The van der Waals surface area contributed by atoms with Crippen LogP contribution in [0, 0.1) is 0 Å². The second-order valence-electron chi connectivity index (χ2n) is 3.00. The summed E-state index contributed by atoms with van der Waals surface area (Å²) in [5.41, 5.74) is 1.11. The largest absolute Gasteiger partial charge is 0.383 e. The van der Waals surface area contributed by atoms with Gasteiger partial charge in [-0.05, 0) is 6.07 Å². The second kappa shape index (κ2) is 7.49. The van der Waals surface area contributed by atoms with Crippen LogP contribution in [0.2, 0.25) is 0 Å². The van der Waals surface area contributed by atoms with Crippen LogP contribution in [0.15, 0.2) is 12.3 Å². The topological polar surface area (TPSA) is 62.0 Å². The summed E-state index contributed by atoms with van der Waals surface area (Å²) in [7, 11) is 1.71. The smallest absolute Gasteiger partial charge is 0.0587 e. The van der Waals surface area contributed by atoms with E-state index in [1.807, 2.05) is 6.07 Å². The van der Waals surface area contributed by atoms with Crippen molar-refractivity contribution in [3.8, 4) is 0 Å². The maximum absolute atomic E-state index is 4.91. The number of hydrogen-bond donors (Lipinski definition) is 3. The number of H-pyrrole nitrogens is 1. The van der Waals surface area contributed by atoms with Gasteiger partial charge in [0.25, 0.3) is 0 Å². The maximum atomic E-state index is 4.91. The quantitative estimate of drug-likeness (QED) is 0.503. The minimum absolute atomic E-state index is 0.764. The number of ether oxygens (including phenoxy) is 1. The van der Waals surface area contributed by atoms with Crippen LogP contribution in [0.3, 0.4) is 0 Å². The fourth-order valence-corrected chi connectivity index (χ4v) is 1.08. The van der Waals surface area contributed by atoms with Crippen LogP contribution in [-0.4, -0.2) is 43.5 Å². The van der Waals surface area contributed by atoms with Crippen LogP contribution in [0.25, 0.3) is 0 Å². The molecule has 14 heavy (non-hydrogen) atoms. The number of nitrogens with zero attached hydrogens (tertiary/aromatic N) is 1. The molecular weight excluding hydrogens is 180 g/mol. The molecule has 1 aromatic heterocycles. The lowest BCUT2D eigenvalue weighted by atomic mass is 10.4. The molecule has 0 aliphatic rings. The molecule has 0 aliphatic heterocycles. The van der Waals surface area contributed by atoms with Crippen LogP contribution in [0.5, 0.6) is 0 Å². The Morgan fingerprint density at radius 3 is 2.93 bits per heavy atom. The van der Waals surface area contributed by atoms with Crippen LogP contribution in [-0.2, 0) is 11.3 Å². The molecule has 0 unspecified atom stereocenters. The predicted molar refractivity (Wildman–Crippen MR) is 55.0 cm³/mol. The SMILES string of the molecule is COCCNCCNCc1ccn[nH]1. The van der Waals surface area contributed by atoms with Crippen LogP contribution in [0.1, 0.15) is 5.69 Å². The molecule has 1 heterocycles. The Kier molecular flexibility index (Phi) is 5.97. The number of nitrogens with one attached hydrogen (secondary N) is 3. The molecule has 0 spiro atoms. The van der Waals surface area contributed by atoms with Gasteiger partial charge in [0.1, 0.15) is 0 Å². The van der Waals surface area contributed by atoms with E-state index in [4.69, 9.17) is 4.74 Å². The van der Waals surface area contributed by atoms with Gasteiger partial charge in [-0.15, -0.1) is 0 Å². The van der Waals surface area contributed by atoms with Crippen molar-refractivity contribution in [3.05, 3.63) is 18.0 Å². The Morgan fingerprint density at radius 1 is 1.36 bits per heavy atom. The number of methoxy groups -OCH3 is 1. The minimum Gasteiger partial charge on any atom is -0.383 e. The Bertz CT molecular complexity index is 213. The Hall–Kier alpha value is -0.910. The molecular formula is C9H18N4O. The predicted octanol–water partition coefficient (Wildman–Crippen LogP) is -0.265. The summed E-state index contributed by atoms with van der Waals surface area (Å²) in [5.74, 6) is 0. The van der Waals surface area contributed by atoms with E-state index >= 15 is 0 Å². The first kappa shape index (κ1) is 11.2. The van der Waals surface area contributed by atoms with E-state index in [0.29, 0.717) is 0 Å². The van der Waals surface area contributed by atoms with Crippen molar-refractivity contribution in [1.82, 2.24) is 20.8 Å². The highest BCUT2D eigenvalue weighted by Gasteiger charge is 1.91. The summed E-state index contributed by atoms with van der Waals surface area (Å²) in [6, 6.07) is 1.96. The van der Waals surface area contributed by atoms with Crippen LogP contribution in [0.4, 0.5) is 0 Å². The molecule has 0 radical (unpaired) electrons. The summed E-state index contributed by atoms with van der Waals surface area (Å²) in [6.45, 7) is 4.41. The molecule has 0 atom stereocenters. The molecule has 0 bridgehead atoms. The summed E-state index contributed by atoms with van der Waals surface area (Å²) in [4.78, 5) is 0. The van der Waals surface area contributed by atoms with Gasteiger partial charge < -0.3 is 15.4 Å². The van der Waals surface area contributed by atoms with E-state index in [0.717, 1.165) is 38.5 Å². The lowest BCUT2D eigenvalue weighted by Crippen LogP contribution is -2.29. The van der Waals surface area contributed by atoms with Gasteiger partial charge in [-0.1, -0.05) is 0 Å². The molecule has 0 amide bonds. The van der Waals surface area contributed by atoms with Gasteiger partial charge in [0.2, 0.25) is 0 Å². The molecule has 0 aliphatic carbocycles. The first-order chi connectivity index (χ1) is 6.93. The van der Waals surface area contributed by atoms with Gasteiger partial charge in [-0.2, -0.15) is 5.10 Å². The Labute approximate surface area is 84.2 Å². The highest BCUT2D eigenvalue weighted by atomic mass is 16.5. The average Bonchev–Trinajstić information content (AvgIpc) is 2.69. The van der Waals surface area contributed by atoms with E-state index in [1.54, 1.807) is 13.3 Å². The van der Waals surface area contributed by atoms with E-state index in [-0.39, 0.29) is 0 Å². The molecule has 0 saturated carbocycles. The molecule has 3 N–H and O–H groups in total. The molecule has 5 heteroatoms. The third kappa shape index (κ3) is 4.96. The monoisotopic (exact) mass is 198 g/mol. The van der Waals surface area contributed by atoms with Crippen molar-refractivity contribution in [1.29, 1.82) is 0 Å². The zero-order valence-electron chi connectivity index (χ0n) is 8.55. The summed E-state index contributed by atoms with van der Waals surface area (Å²) in [5, 5.41) is 13.3. The molecule has 1 aromatic rings. The molecule has 1 rings (SSSR count). The lowest BCUT2D eigenvalue weighted by Gasteiger charge is -2.04. The highest BCUT2D eigenvalue weighted by Crippen LogP contribution is 1.88. The second-order valence-corrected chi connectivity index (χ2v) is 3.00. The normalized spacial score (nSPS) is 10.6. The van der Waals surface area contributed by atoms with Gasteiger partial charge in [-0.25, -0.2) is 0 Å². The van der Waals surface area contributed by atoms with Gasteiger partial charge in [0.15, 0.2) is 0 Å². The van der Waals surface area contributed by atoms with Gasteiger partial charge in [0.05, 0.1) is 6.61 Å². The molecule has 0 aromatic carbocycles. The van der Waals surface area contributed by atoms with Crippen LogP contribution < -0.4 is 10.6 Å². The third-order valence-electron chi connectivity index (χ3n) is 1.84. The minimum atomic E-state index is 0.764. The summed E-state index contributed by atoms with van der Waals surface area (Å²) >= 11 is 0. The third-order valence-corrected chi connectivity index (χ3v) is 1.84. The van der Waals surface area contributed by atoms with Crippen molar-refractivity contribution >= 4 is 0 Å². The first-order valence-corrected chi connectivity index (χ1v) is 4.82. The summed E-state index contributed by atoms with van der Waals surface area (Å²) in [6.07, 6.45) is 1.76. The van der Waals surface area contributed by atoms with Crippen molar-refractivity contribution < 1.29 is 4.74 Å². The molecule has 5 nitrogen and oxygen atoms in total. The zero-order valence-corrected chi connectivity index (χ0v) is 8.55. The molecule has 0 fully saturated rings. The first-order valence-electron chi connectivity index (χ1n) is 4.82. The van der Waals surface area contributed by atoms with Crippen molar-refractivity contribution in [2.24, 2.45) is 0 Å². The number of rotatable bonds is 8. The van der Waals surface area contributed by atoms with Gasteiger partial charge >= 0.3 is 0 Å². The van der Waals surface area contributed by atoms with Gasteiger partial charge in [-0.3, -0.25) is 5.10 Å². The van der Waals surface area contributed by atoms with Gasteiger partial charge in [0, 0.05) is 45.2 Å². The molecule has 80 valence electrons. The Morgan fingerprint density at radius 2 is 2.21 bits per heavy atom. The van der Waals surface area contributed by atoms with E-state index < -0.39 is 0 Å². The van der Waals surface area contributed by atoms with E-state index in [9.17, 15) is 0 Å². The maximum Gasteiger partial charge on any atom is 0.0587 e. The lowest BCUT2D eigenvalue weighted by molar-refractivity contribution is 0.199. The van der Waals surface area contributed by atoms with E-state index in [1.165, 1.54) is 0 Å². The Balaban J connectivity index is 1.85. The van der Waals surface area contributed by atoms with E-state index in [2.05, 4.69) is 20.8 Å². The van der Waals surface area contributed by atoms with Crippen molar-refractivity contribution in [2.75, 3.05) is 33.4 Å². The number of hydrogen-bond acceptors (Lipinski definition) is 4. The zero-order chi connectivity index (χ0) is 10.1. The average molecular weight is 198 g/mol. The van der Waals surface area contributed by atoms with Crippen molar-refractivity contribution in [2.45, 2.75) is 6.54 Å². The highest BCUT2D eigenvalue weighted by molar-refractivity contribution is 4.96. The number of aromatic amines is 1. The fraction of sp³-hybridized carbons (Fsp3) is 0.667. The molecule has 0 saturated heterocycles. The van der Waals surface area contributed by atoms with Crippen LogP contribution >= 0.6 is 0 Å².